The van der Waals surface area contributed by atoms with Crippen molar-refractivity contribution in [2.45, 2.75) is 6.54 Å². The Kier molecular flexibility index (Phi) is 3.57. The summed E-state index contributed by atoms with van der Waals surface area (Å²) in [6.07, 6.45) is 3.23. The number of aromatic nitrogens is 4. The molecule has 3 rings (SSSR count). The first-order valence-corrected chi connectivity index (χ1v) is 6.65. The van der Waals surface area contributed by atoms with Crippen LogP contribution in [0.3, 0.4) is 0 Å². The molecule has 2 N–H and O–H groups in total. The Morgan fingerprint density at radius 2 is 2.09 bits per heavy atom. The third kappa shape index (κ3) is 2.66. The molecule has 0 aliphatic rings. The van der Waals surface area contributed by atoms with Crippen molar-refractivity contribution >= 4 is 11.6 Å². The molecule has 0 spiro atoms. The van der Waals surface area contributed by atoms with Crippen molar-refractivity contribution in [2.24, 2.45) is 0 Å². The number of amides is 1. The molecule has 3 aromatic rings. The van der Waals surface area contributed by atoms with Crippen molar-refractivity contribution in [3.63, 3.8) is 0 Å². The van der Waals surface area contributed by atoms with E-state index in [0.717, 1.165) is 10.7 Å². The zero-order valence-corrected chi connectivity index (χ0v) is 11.5. The zero-order chi connectivity index (χ0) is 15.5. The van der Waals surface area contributed by atoms with Crippen LogP contribution < -0.4 is 16.4 Å². The predicted octanol–water partition coefficient (Wildman–Crippen LogP) is -0.386. The number of fused-ring (bicyclic) bond motifs is 1. The standard InChI is InChI=1S/C14H13N5O3/c20-12-4-5-13(21)19(17-12)8-6-15-14(22)10-9-16-11-3-1-2-7-18(10)11/h1-5,7,9H,6,8H2,(H,15,22)(H,17,20). The van der Waals surface area contributed by atoms with Gasteiger partial charge in [0.2, 0.25) is 0 Å². The van der Waals surface area contributed by atoms with Crippen molar-refractivity contribution in [3.8, 4) is 0 Å². The lowest BCUT2D eigenvalue weighted by Crippen LogP contribution is -2.34. The van der Waals surface area contributed by atoms with Crippen LogP contribution in [0.4, 0.5) is 0 Å². The third-order valence-corrected chi connectivity index (χ3v) is 3.16. The van der Waals surface area contributed by atoms with Crippen LogP contribution in [0.25, 0.3) is 5.65 Å². The molecule has 0 saturated carbocycles. The number of hydrogen-bond donors (Lipinski definition) is 2. The Morgan fingerprint density at radius 3 is 2.95 bits per heavy atom. The predicted molar refractivity (Wildman–Crippen MR) is 78.8 cm³/mol. The molecule has 0 unspecified atom stereocenters. The van der Waals surface area contributed by atoms with Crippen LogP contribution in [0, 0.1) is 0 Å². The molecule has 22 heavy (non-hydrogen) atoms. The summed E-state index contributed by atoms with van der Waals surface area (Å²) in [5.74, 6) is -0.301. The third-order valence-electron chi connectivity index (χ3n) is 3.16. The number of hydrogen-bond acceptors (Lipinski definition) is 4. The summed E-state index contributed by atoms with van der Waals surface area (Å²) < 4.78 is 2.82. The number of rotatable bonds is 4. The molecular formula is C14H13N5O3. The number of aromatic amines is 1. The van der Waals surface area contributed by atoms with Crippen LogP contribution in [0.2, 0.25) is 0 Å². The van der Waals surface area contributed by atoms with Crippen molar-refractivity contribution in [1.82, 2.24) is 24.5 Å². The minimum absolute atomic E-state index is 0.178. The van der Waals surface area contributed by atoms with E-state index in [2.05, 4.69) is 15.4 Å². The Bertz CT molecular complexity index is 937. The van der Waals surface area contributed by atoms with Gasteiger partial charge >= 0.3 is 0 Å². The van der Waals surface area contributed by atoms with Crippen molar-refractivity contribution in [2.75, 3.05) is 6.54 Å². The normalized spacial score (nSPS) is 10.7. The van der Waals surface area contributed by atoms with Crippen LogP contribution in [-0.2, 0) is 6.54 Å². The first kappa shape index (κ1) is 13.8. The summed E-state index contributed by atoms with van der Waals surface area (Å²) in [4.78, 5) is 38.9. The Labute approximate surface area is 124 Å². The Balaban J connectivity index is 1.69. The molecule has 0 aliphatic carbocycles. The number of nitrogens with one attached hydrogen (secondary N) is 2. The average Bonchev–Trinajstić information content (AvgIpc) is 2.94. The summed E-state index contributed by atoms with van der Waals surface area (Å²) in [5.41, 5.74) is 0.386. The fourth-order valence-corrected chi connectivity index (χ4v) is 2.10. The minimum Gasteiger partial charge on any atom is -0.349 e. The highest BCUT2D eigenvalue weighted by Gasteiger charge is 2.10. The molecule has 0 aromatic carbocycles. The summed E-state index contributed by atoms with van der Waals surface area (Å²) in [5, 5.41) is 5.08. The van der Waals surface area contributed by atoms with Crippen LogP contribution >= 0.6 is 0 Å². The van der Waals surface area contributed by atoms with E-state index in [1.54, 1.807) is 22.7 Å². The van der Waals surface area contributed by atoms with Gasteiger partial charge in [-0.15, -0.1) is 0 Å². The number of nitrogens with zero attached hydrogens (tertiary/aromatic N) is 3. The number of pyridine rings is 1. The quantitative estimate of drug-likeness (QED) is 0.685. The SMILES string of the molecule is O=C(NCCn1[nH]c(=O)ccc1=O)c1cnc2ccccn12. The van der Waals surface area contributed by atoms with E-state index in [0.29, 0.717) is 11.3 Å². The van der Waals surface area contributed by atoms with E-state index in [4.69, 9.17) is 0 Å². The molecule has 0 saturated heterocycles. The highest BCUT2D eigenvalue weighted by atomic mass is 16.2. The van der Waals surface area contributed by atoms with E-state index < -0.39 is 0 Å². The maximum atomic E-state index is 12.1. The topological polar surface area (TPSA) is 101 Å². The summed E-state index contributed by atoms with van der Waals surface area (Å²) in [6, 6.07) is 7.79. The van der Waals surface area contributed by atoms with E-state index in [1.807, 2.05) is 6.07 Å². The molecule has 0 atom stereocenters. The zero-order valence-electron chi connectivity index (χ0n) is 11.5. The van der Waals surface area contributed by atoms with Gasteiger partial charge in [-0.2, -0.15) is 0 Å². The molecule has 3 aromatic heterocycles. The van der Waals surface area contributed by atoms with Crippen molar-refractivity contribution in [3.05, 3.63) is 69.1 Å². The van der Waals surface area contributed by atoms with Crippen molar-refractivity contribution in [1.29, 1.82) is 0 Å². The summed E-state index contributed by atoms with van der Waals surface area (Å²) in [7, 11) is 0. The molecule has 0 bridgehead atoms. The van der Waals surface area contributed by atoms with Crippen molar-refractivity contribution < 1.29 is 4.79 Å². The fourth-order valence-electron chi connectivity index (χ4n) is 2.10. The van der Waals surface area contributed by atoms with Gasteiger partial charge in [0.05, 0.1) is 12.7 Å². The number of imidazole rings is 1. The van der Waals surface area contributed by atoms with Gasteiger partial charge in [0, 0.05) is 24.9 Å². The second-order valence-electron chi connectivity index (χ2n) is 4.63. The monoisotopic (exact) mass is 299 g/mol. The van der Waals surface area contributed by atoms with Gasteiger partial charge in [0.25, 0.3) is 17.0 Å². The maximum absolute atomic E-state index is 12.1. The van der Waals surface area contributed by atoms with Crippen LogP contribution in [-0.4, -0.2) is 31.6 Å². The molecule has 0 fully saturated rings. The lowest BCUT2D eigenvalue weighted by Gasteiger charge is -2.06. The van der Waals surface area contributed by atoms with Gasteiger partial charge in [0.15, 0.2) is 0 Å². The molecule has 112 valence electrons. The average molecular weight is 299 g/mol. The lowest BCUT2D eigenvalue weighted by atomic mass is 10.4. The van der Waals surface area contributed by atoms with Gasteiger partial charge in [-0.05, 0) is 12.1 Å². The molecular weight excluding hydrogens is 286 g/mol. The molecule has 8 heteroatoms. The maximum Gasteiger partial charge on any atom is 0.269 e. The second kappa shape index (κ2) is 5.68. The second-order valence-corrected chi connectivity index (χ2v) is 4.63. The fraction of sp³-hybridized carbons (Fsp3) is 0.143. The van der Waals surface area contributed by atoms with Gasteiger partial charge in [0.1, 0.15) is 11.3 Å². The molecule has 0 radical (unpaired) electrons. The van der Waals surface area contributed by atoms with Gasteiger partial charge < -0.3 is 5.32 Å². The van der Waals surface area contributed by atoms with Crippen LogP contribution in [0.15, 0.2) is 52.3 Å². The number of H-pyrrole nitrogens is 1. The first-order chi connectivity index (χ1) is 10.6. The first-order valence-electron chi connectivity index (χ1n) is 6.65. The molecule has 0 aliphatic heterocycles. The van der Waals surface area contributed by atoms with E-state index in [9.17, 15) is 14.4 Å². The lowest BCUT2D eigenvalue weighted by molar-refractivity contribution is 0.0946. The Morgan fingerprint density at radius 1 is 1.23 bits per heavy atom. The van der Waals surface area contributed by atoms with Gasteiger partial charge in [-0.3, -0.25) is 23.9 Å². The minimum atomic E-state index is -0.368. The largest absolute Gasteiger partial charge is 0.349 e. The summed E-state index contributed by atoms with van der Waals surface area (Å²) >= 11 is 0. The van der Waals surface area contributed by atoms with Crippen LogP contribution in [0.5, 0.6) is 0 Å². The highest BCUT2D eigenvalue weighted by molar-refractivity contribution is 5.93. The molecule has 1 amide bonds. The Hall–Kier alpha value is -3.16. The van der Waals surface area contributed by atoms with E-state index >= 15 is 0 Å². The van der Waals surface area contributed by atoms with E-state index in [-0.39, 0.29) is 30.1 Å². The smallest absolute Gasteiger partial charge is 0.269 e. The van der Waals surface area contributed by atoms with Gasteiger partial charge in [-0.1, -0.05) is 6.07 Å². The molecule has 8 nitrogen and oxygen atoms in total. The molecule has 3 heterocycles. The van der Waals surface area contributed by atoms with E-state index in [1.165, 1.54) is 12.3 Å². The summed E-state index contributed by atoms with van der Waals surface area (Å²) in [6.45, 7) is 0.385. The highest BCUT2D eigenvalue weighted by Crippen LogP contribution is 2.05. The number of carbonyl (C=O) groups excluding carboxylic acids is 1. The van der Waals surface area contributed by atoms with Crippen LogP contribution in [0.1, 0.15) is 10.5 Å². The number of carbonyl (C=O) groups is 1. The van der Waals surface area contributed by atoms with Gasteiger partial charge in [-0.25, -0.2) is 9.67 Å².